The Morgan fingerprint density at radius 2 is 2.14 bits per heavy atom. The second-order valence-corrected chi connectivity index (χ2v) is 5.89. The number of halogens is 2. The van der Waals surface area contributed by atoms with Crippen LogP contribution >= 0.6 is 36.6 Å². The Kier molecular flexibility index (Phi) is 9.51. The van der Waals surface area contributed by atoms with Gasteiger partial charge in [0.1, 0.15) is 5.65 Å². The fourth-order valence-corrected chi connectivity index (χ4v) is 2.57. The minimum atomic E-state index is 0. The van der Waals surface area contributed by atoms with E-state index < -0.39 is 0 Å². The number of carbonyl (C=O) groups excluding carboxylic acids is 1. The highest BCUT2D eigenvalue weighted by Gasteiger charge is 2.07. The van der Waals surface area contributed by atoms with Crippen LogP contribution in [0.1, 0.15) is 18.2 Å². The number of aromatic nitrogens is 2. The molecule has 0 unspecified atom stereocenters. The summed E-state index contributed by atoms with van der Waals surface area (Å²) < 4.78 is 2.02. The number of rotatable bonds is 6. The van der Waals surface area contributed by atoms with Gasteiger partial charge in [-0.1, -0.05) is 6.07 Å². The van der Waals surface area contributed by atoms with Crippen molar-refractivity contribution in [1.29, 1.82) is 0 Å². The van der Waals surface area contributed by atoms with E-state index >= 15 is 0 Å². The number of nitrogens with one attached hydrogen (secondary N) is 1. The Morgan fingerprint density at radius 3 is 2.82 bits per heavy atom. The molecule has 124 valence electrons. The van der Waals surface area contributed by atoms with Crippen LogP contribution in [-0.4, -0.2) is 33.6 Å². The molecule has 0 aromatic carbocycles. The lowest BCUT2D eigenvalue weighted by Crippen LogP contribution is -2.38. The van der Waals surface area contributed by atoms with Gasteiger partial charge in [0.2, 0.25) is 5.91 Å². The quantitative estimate of drug-likeness (QED) is 0.823. The van der Waals surface area contributed by atoms with Gasteiger partial charge in [-0.2, -0.15) is 0 Å². The maximum atomic E-state index is 11.6. The SMILES string of the molecule is Cc1ccc2nc(CSCC(=O)N[C@@H](C)CN)cn2c1.Cl.Cl. The molecule has 5 nitrogen and oxygen atoms in total. The molecule has 0 spiro atoms. The Labute approximate surface area is 147 Å². The van der Waals surface area contributed by atoms with Gasteiger partial charge in [-0.3, -0.25) is 4.79 Å². The smallest absolute Gasteiger partial charge is 0.230 e. The molecule has 8 heteroatoms. The lowest BCUT2D eigenvalue weighted by atomic mass is 10.3. The molecular formula is C14H22Cl2N4OS. The minimum absolute atomic E-state index is 0. The van der Waals surface area contributed by atoms with E-state index in [4.69, 9.17) is 5.73 Å². The number of amides is 1. The number of aryl methyl sites for hydroxylation is 1. The first-order valence-electron chi connectivity index (χ1n) is 6.60. The van der Waals surface area contributed by atoms with Crippen LogP contribution in [0.4, 0.5) is 0 Å². The Morgan fingerprint density at radius 1 is 1.41 bits per heavy atom. The molecule has 0 aliphatic rings. The van der Waals surface area contributed by atoms with Crippen LogP contribution in [-0.2, 0) is 10.5 Å². The van der Waals surface area contributed by atoms with Crippen molar-refractivity contribution < 1.29 is 4.79 Å². The van der Waals surface area contributed by atoms with E-state index in [1.165, 1.54) is 5.56 Å². The summed E-state index contributed by atoms with van der Waals surface area (Å²) in [6.07, 6.45) is 4.06. The summed E-state index contributed by atoms with van der Waals surface area (Å²) in [5, 5.41) is 2.84. The molecule has 2 aromatic heterocycles. The van der Waals surface area contributed by atoms with E-state index in [-0.39, 0.29) is 36.8 Å². The number of hydrogen-bond donors (Lipinski definition) is 2. The van der Waals surface area contributed by atoms with Crippen LogP contribution in [0.2, 0.25) is 0 Å². The van der Waals surface area contributed by atoms with Gasteiger partial charge in [0.15, 0.2) is 0 Å². The van der Waals surface area contributed by atoms with Crippen LogP contribution < -0.4 is 11.1 Å². The summed E-state index contributed by atoms with van der Waals surface area (Å²) >= 11 is 1.56. The van der Waals surface area contributed by atoms with Gasteiger partial charge in [0.25, 0.3) is 0 Å². The van der Waals surface area contributed by atoms with E-state index in [1.807, 2.05) is 35.9 Å². The number of hydrogen-bond acceptors (Lipinski definition) is 4. The lowest BCUT2D eigenvalue weighted by molar-refractivity contribution is -0.119. The van der Waals surface area contributed by atoms with Crippen molar-refractivity contribution in [1.82, 2.24) is 14.7 Å². The highest BCUT2D eigenvalue weighted by Crippen LogP contribution is 2.13. The van der Waals surface area contributed by atoms with Gasteiger partial charge in [0, 0.05) is 30.7 Å². The molecule has 0 aliphatic heterocycles. The zero-order valence-corrected chi connectivity index (χ0v) is 15.1. The average Bonchev–Trinajstić information content (AvgIpc) is 2.80. The molecule has 1 atom stereocenters. The van der Waals surface area contributed by atoms with Gasteiger partial charge < -0.3 is 15.5 Å². The van der Waals surface area contributed by atoms with Crippen molar-refractivity contribution in [3.8, 4) is 0 Å². The van der Waals surface area contributed by atoms with Crippen LogP contribution in [0.5, 0.6) is 0 Å². The van der Waals surface area contributed by atoms with Gasteiger partial charge in [-0.15, -0.1) is 36.6 Å². The molecule has 0 fully saturated rings. The third-order valence-corrected chi connectivity index (χ3v) is 3.86. The van der Waals surface area contributed by atoms with Gasteiger partial charge in [-0.25, -0.2) is 4.98 Å². The highest BCUT2D eigenvalue weighted by molar-refractivity contribution is 7.99. The van der Waals surface area contributed by atoms with E-state index in [9.17, 15) is 4.79 Å². The number of thioether (sulfide) groups is 1. The molecule has 1 amide bonds. The Balaban J connectivity index is 0.00000220. The monoisotopic (exact) mass is 364 g/mol. The molecule has 2 heterocycles. The second-order valence-electron chi connectivity index (χ2n) is 4.90. The molecule has 3 N–H and O–H groups in total. The van der Waals surface area contributed by atoms with Crippen molar-refractivity contribution in [3.63, 3.8) is 0 Å². The first-order valence-corrected chi connectivity index (χ1v) is 7.75. The standard InChI is InChI=1S/C14H20N4OS.2ClH/c1-10-3-4-13-17-12(7-18(13)6-10)8-20-9-14(19)16-11(2)5-15;;/h3-4,6-7,11H,5,8-9,15H2,1-2H3,(H,16,19);2*1H/t11-;;/m0../s1. The Bertz CT molecular complexity index is 606. The van der Waals surface area contributed by atoms with Crippen molar-refractivity contribution in [2.75, 3.05) is 12.3 Å². The maximum Gasteiger partial charge on any atom is 0.230 e. The predicted octanol–water partition coefficient (Wildman–Crippen LogP) is 2.18. The van der Waals surface area contributed by atoms with Gasteiger partial charge in [0.05, 0.1) is 11.4 Å². The summed E-state index contributed by atoms with van der Waals surface area (Å²) in [5.41, 5.74) is 8.58. The summed E-state index contributed by atoms with van der Waals surface area (Å²) in [6.45, 7) is 4.41. The second kappa shape index (κ2) is 9.94. The topological polar surface area (TPSA) is 72.4 Å². The maximum absolute atomic E-state index is 11.6. The van der Waals surface area contributed by atoms with Crippen molar-refractivity contribution in [3.05, 3.63) is 35.8 Å². The lowest BCUT2D eigenvalue weighted by Gasteiger charge is -2.10. The number of carbonyl (C=O) groups is 1. The third kappa shape index (κ3) is 6.04. The van der Waals surface area contributed by atoms with E-state index in [2.05, 4.69) is 17.2 Å². The van der Waals surface area contributed by atoms with E-state index in [0.717, 1.165) is 17.1 Å². The van der Waals surface area contributed by atoms with Crippen molar-refractivity contribution >= 4 is 48.1 Å². The normalized spacial score (nSPS) is 11.4. The minimum Gasteiger partial charge on any atom is -0.352 e. The third-order valence-electron chi connectivity index (χ3n) is 2.89. The number of nitrogens with zero attached hydrogens (tertiary/aromatic N) is 2. The molecular weight excluding hydrogens is 343 g/mol. The summed E-state index contributed by atoms with van der Waals surface area (Å²) in [4.78, 5) is 16.1. The van der Waals surface area contributed by atoms with Crippen LogP contribution in [0.15, 0.2) is 24.5 Å². The molecule has 2 rings (SSSR count). The fourth-order valence-electron chi connectivity index (χ4n) is 1.85. The molecule has 0 saturated carbocycles. The fraction of sp³-hybridized carbons (Fsp3) is 0.429. The number of nitrogens with two attached hydrogens (primary N) is 1. The first kappa shape index (κ1) is 21.0. The van der Waals surface area contributed by atoms with Gasteiger partial charge >= 0.3 is 0 Å². The molecule has 0 aliphatic carbocycles. The van der Waals surface area contributed by atoms with Crippen molar-refractivity contribution in [2.24, 2.45) is 5.73 Å². The van der Waals surface area contributed by atoms with Crippen LogP contribution in [0, 0.1) is 6.92 Å². The molecule has 22 heavy (non-hydrogen) atoms. The van der Waals surface area contributed by atoms with Crippen molar-refractivity contribution in [2.45, 2.75) is 25.6 Å². The average molecular weight is 365 g/mol. The van der Waals surface area contributed by atoms with E-state index in [1.54, 1.807) is 11.8 Å². The summed E-state index contributed by atoms with van der Waals surface area (Å²) in [7, 11) is 0. The molecule has 0 radical (unpaired) electrons. The van der Waals surface area contributed by atoms with Crippen LogP contribution in [0.3, 0.4) is 0 Å². The van der Waals surface area contributed by atoms with Crippen LogP contribution in [0.25, 0.3) is 5.65 Å². The molecule has 0 saturated heterocycles. The Hall–Kier alpha value is -0.950. The number of pyridine rings is 1. The highest BCUT2D eigenvalue weighted by atomic mass is 35.5. The van der Waals surface area contributed by atoms with E-state index in [0.29, 0.717) is 12.3 Å². The molecule has 2 aromatic rings. The van der Waals surface area contributed by atoms with Gasteiger partial charge in [-0.05, 0) is 25.5 Å². The number of imidazole rings is 1. The zero-order chi connectivity index (χ0) is 14.5. The predicted molar refractivity (Wildman–Crippen MR) is 97.2 cm³/mol. The largest absolute Gasteiger partial charge is 0.352 e. The zero-order valence-electron chi connectivity index (χ0n) is 12.6. The molecule has 0 bridgehead atoms. The first-order chi connectivity index (χ1) is 9.58. The summed E-state index contributed by atoms with van der Waals surface area (Å²) in [6, 6.07) is 4.07. The summed E-state index contributed by atoms with van der Waals surface area (Å²) in [5.74, 6) is 1.18. The number of fused-ring (bicyclic) bond motifs is 1.